The number of methoxy groups -OCH3 is 1. The zero-order valence-electron chi connectivity index (χ0n) is 11.3. The summed E-state index contributed by atoms with van der Waals surface area (Å²) >= 11 is 0. The first kappa shape index (κ1) is 14.4. The molecule has 2 rings (SSSR count). The summed E-state index contributed by atoms with van der Waals surface area (Å²) < 4.78 is 24.2. The van der Waals surface area contributed by atoms with E-state index < -0.39 is 11.9 Å². The zero-order valence-corrected chi connectivity index (χ0v) is 11.3. The predicted molar refractivity (Wildman–Crippen MR) is 70.8 cm³/mol. The molecular formula is C14H18FNO4. The van der Waals surface area contributed by atoms with E-state index in [1.807, 2.05) is 0 Å². The minimum Gasteiger partial charge on any atom is -0.493 e. The van der Waals surface area contributed by atoms with Gasteiger partial charge < -0.3 is 19.5 Å². The molecule has 1 N–H and O–H groups in total. The summed E-state index contributed by atoms with van der Waals surface area (Å²) in [5.41, 5.74) is 0. The third-order valence-corrected chi connectivity index (χ3v) is 3.40. The fraction of sp³-hybridized carbons (Fsp3) is 0.500. The minimum atomic E-state index is -0.918. The van der Waals surface area contributed by atoms with Crippen molar-refractivity contribution in [3.63, 3.8) is 0 Å². The molecule has 1 heterocycles. The molecule has 0 saturated carbocycles. The normalized spacial score (nSPS) is 18.7. The number of halogens is 1. The van der Waals surface area contributed by atoms with E-state index >= 15 is 0 Å². The standard InChI is InChI=1S/C14H18FNO4/c1-19-12-6-2-5-11(15)13(12)20-9-10-4-3-7-16(8-10)14(17)18/h2,5-6,10H,3-4,7-9H2,1H3,(H,17,18)/t10-/m0/s1. The van der Waals surface area contributed by atoms with E-state index in [-0.39, 0.29) is 18.3 Å². The molecule has 0 unspecified atom stereocenters. The molecule has 5 nitrogen and oxygen atoms in total. The van der Waals surface area contributed by atoms with Crippen LogP contribution in [0.1, 0.15) is 12.8 Å². The number of likely N-dealkylation sites (tertiary alicyclic amines) is 1. The van der Waals surface area contributed by atoms with Gasteiger partial charge in [-0.2, -0.15) is 0 Å². The van der Waals surface area contributed by atoms with Gasteiger partial charge in [-0.05, 0) is 25.0 Å². The van der Waals surface area contributed by atoms with Crippen LogP contribution in [0.5, 0.6) is 11.5 Å². The summed E-state index contributed by atoms with van der Waals surface area (Å²) in [5, 5.41) is 8.97. The van der Waals surface area contributed by atoms with E-state index in [0.29, 0.717) is 18.8 Å². The van der Waals surface area contributed by atoms with Crippen LogP contribution in [0.15, 0.2) is 18.2 Å². The topological polar surface area (TPSA) is 59.0 Å². The third-order valence-electron chi connectivity index (χ3n) is 3.40. The van der Waals surface area contributed by atoms with Crippen molar-refractivity contribution in [2.45, 2.75) is 12.8 Å². The number of nitrogens with zero attached hydrogens (tertiary/aromatic N) is 1. The molecule has 20 heavy (non-hydrogen) atoms. The van der Waals surface area contributed by atoms with Gasteiger partial charge in [-0.25, -0.2) is 9.18 Å². The Morgan fingerprint density at radius 1 is 1.55 bits per heavy atom. The van der Waals surface area contributed by atoms with Gasteiger partial charge in [0.2, 0.25) is 0 Å². The minimum absolute atomic E-state index is 0.0733. The van der Waals surface area contributed by atoms with Crippen molar-refractivity contribution < 1.29 is 23.8 Å². The van der Waals surface area contributed by atoms with Gasteiger partial charge in [-0.1, -0.05) is 6.07 Å². The molecule has 1 fully saturated rings. The maximum Gasteiger partial charge on any atom is 0.407 e. The number of rotatable bonds is 4. The van der Waals surface area contributed by atoms with Crippen LogP contribution in [-0.2, 0) is 0 Å². The number of piperidine rings is 1. The molecule has 0 aliphatic carbocycles. The van der Waals surface area contributed by atoms with Crippen LogP contribution in [0.2, 0.25) is 0 Å². The highest BCUT2D eigenvalue weighted by molar-refractivity contribution is 5.65. The van der Waals surface area contributed by atoms with Gasteiger partial charge in [0.25, 0.3) is 0 Å². The average Bonchev–Trinajstić information content (AvgIpc) is 2.46. The van der Waals surface area contributed by atoms with Crippen molar-refractivity contribution in [1.82, 2.24) is 4.90 Å². The molecule has 1 aromatic carbocycles. The first-order chi connectivity index (χ1) is 9.61. The van der Waals surface area contributed by atoms with Crippen LogP contribution in [-0.4, -0.2) is 42.9 Å². The number of hydrogen-bond acceptors (Lipinski definition) is 3. The van der Waals surface area contributed by atoms with Gasteiger partial charge in [-0.3, -0.25) is 0 Å². The summed E-state index contributed by atoms with van der Waals surface area (Å²) in [6.45, 7) is 1.25. The fourth-order valence-electron chi connectivity index (χ4n) is 2.37. The molecule has 1 saturated heterocycles. The highest BCUT2D eigenvalue weighted by Gasteiger charge is 2.24. The van der Waals surface area contributed by atoms with Crippen molar-refractivity contribution in [1.29, 1.82) is 0 Å². The lowest BCUT2D eigenvalue weighted by molar-refractivity contribution is 0.103. The first-order valence-corrected chi connectivity index (χ1v) is 6.55. The number of hydrogen-bond donors (Lipinski definition) is 1. The van der Waals surface area contributed by atoms with Gasteiger partial charge >= 0.3 is 6.09 Å². The molecule has 1 aliphatic rings. The highest BCUT2D eigenvalue weighted by atomic mass is 19.1. The van der Waals surface area contributed by atoms with E-state index in [1.54, 1.807) is 12.1 Å². The van der Waals surface area contributed by atoms with E-state index in [4.69, 9.17) is 14.6 Å². The maximum atomic E-state index is 13.7. The number of amides is 1. The van der Waals surface area contributed by atoms with E-state index in [9.17, 15) is 9.18 Å². The summed E-state index contributed by atoms with van der Waals surface area (Å²) in [7, 11) is 1.45. The summed E-state index contributed by atoms with van der Waals surface area (Å²) in [5.74, 6) is 0.0257. The second-order valence-electron chi connectivity index (χ2n) is 4.82. The number of benzene rings is 1. The Morgan fingerprint density at radius 2 is 2.35 bits per heavy atom. The van der Waals surface area contributed by atoms with Gasteiger partial charge in [-0.15, -0.1) is 0 Å². The van der Waals surface area contributed by atoms with Gasteiger partial charge in [0.05, 0.1) is 13.7 Å². The Kier molecular flexibility index (Phi) is 4.65. The lowest BCUT2D eigenvalue weighted by Gasteiger charge is -2.30. The monoisotopic (exact) mass is 283 g/mol. The number of para-hydroxylation sites is 1. The van der Waals surface area contributed by atoms with Crippen molar-refractivity contribution in [2.24, 2.45) is 5.92 Å². The molecule has 110 valence electrons. The Balaban J connectivity index is 1.97. The van der Waals surface area contributed by atoms with Crippen molar-refractivity contribution in [3.05, 3.63) is 24.0 Å². The van der Waals surface area contributed by atoms with Crippen molar-refractivity contribution in [3.8, 4) is 11.5 Å². The second kappa shape index (κ2) is 6.45. The molecule has 0 bridgehead atoms. The van der Waals surface area contributed by atoms with Crippen LogP contribution < -0.4 is 9.47 Å². The van der Waals surface area contributed by atoms with Crippen LogP contribution >= 0.6 is 0 Å². The maximum absolute atomic E-state index is 13.7. The van der Waals surface area contributed by atoms with E-state index in [1.165, 1.54) is 18.1 Å². The number of carbonyl (C=O) groups is 1. The smallest absolute Gasteiger partial charge is 0.407 e. The molecule has 1 aliphatic heterocycles. The molecule has 0 radical (unpaired) electrons. The van der Waals surface area contributed by atoms with Crippen molar-refractivity contribution >= 4 is 6.09 Å². The summed E-state index contributed by atoms with van der Waals surface area (Å²) in [6, 6.07) is 4.49. The lowest BCUT2D eigenvalue weighted by atomic mass is 9.99. The quantitative estimate of drug-likeness (QED) is 0.922. The largest absolute Gasteiger partial charge is 0.493 e. The van der Waals surface area contributed by atoms with Crippen LogP contribution in [0, 0.1) is 11.7 Å². The summed E-state index contributed by atoms with van der Waals surface area (Å²) in [6.07, 6.45) is 0.758. The number of ether oxygens (including phenoxy) is 2. The number of carboxylic acid groups (broad SMARTS) is 1. The molecule has 1 atom stereocenters. The van der Waals surface area contributed by atoms with Gasteiger partial charge in [0, 0.05) is 19.0 Å². The molecule has 6 heteroatoms. The second-order valence-corrected chi connectivity index (χ2v) is 4.82. The van der Waals surface area contributed by atoms with Crippen molar-refractivity contribution in [2.75, 3.05) is 26.8 Å². The van der Waals surface area contributed by atoms with E-state index in [2.05, 4.69) is 0 Å². The van der Waals surface area contributed by atoms with Crippen LogP contribution in [0.4, 0.5) is 9.18 Å². The van der Waals surface area contributed by atoms with Gasteiger partial charge in [0.1, 0.15) is 0 Å². The molecule has 1 aromatic rings. The Bertz CT molecular complexity index is 480. The van der Waals surface area contributed by atoms with Gasteiger partial charge in [0.15, 0.2) is 17.3 Å². The Morgan fingerprint density at radius 3 is 3.05 bits per heavy atom. The molecule has 0 spiro atoms. The Labute approximate surface area is 116 Å². The SMILES string of the molecule is COc1cccc(F)c1OC[C@H]1CCCN(C(=O)O)C1. The average molecular weight is 283 g/mol. The molecule has 0 aromatic heterocycles. The zero-order chi connectivity index (χ0) is 14.5. The Hall–Kier alpha value is -1.98. The molecule has 1 amide bonds. The third kappa shape index (κ3) is 3.31. The van der Waals surface area contributed by atoms with Crippen LogP contribution in [0.25, 0.3) is 0 Å². The lowest BCUT2D eigenvalue weighted by Crippen LogP contribution is -2.40. The predicted octanol–water partition coefficient (Wildman–Crippen LogP) is 2.60. The van der Waals surface area contributed by atoms with Crippen LogP contribution in [0.3, 0.4) is 0 Å². The molecular weight excluding hydrogens is 265 g/mol. The highest BCUT2D eigenvalue weighted by Crippen LogP contribution is 2.30. The first-order valence-electron chi connectivity index (χ1n) is 6.55. The summed E-state index contributed by atoms with van der Waals surface area (Å²) in [4.78, 5) is 12.3. The van der Waals surface area contributed by atoms with E-state index in [0.717, 1.165) is 12.8 Å². The fourth-order valence-corrected chi connectivity index (χ4v) is 2.37.